The predicted octanol–water partition coefficient (Wildman–Crippen LogP) is 1.95. The molecule has 0 spiro atoms. The van der Waals surface area contributed by atoms with Gasteiger partial charge in [-0.05, 0) is 36.4 Å². The lowest BCUT2D eigenvalue weighted by atomic mass is 10.1. The summed E-state index contributed by atoms with van der Waals surface area (Å²) in [6, 6.07) is 10.8. The van der Waals surface area contributed by atoms with E-state index in [1.165, 1.54) is 26.4 Å². The Morgan fingerprint density at radius 1 is 1.00 bits per heavy atom. The Labute approximate surface area is 152 Å². The molecule has 0 saturated carbocycles. The maximum Gasteiger partial charge on any atom is 0.254 e. The molecule has 0 unspecified atom stereocenters. The molecule has 1 saturated heterocycles. The van der Waals surface area contributed by atoms with E-state index in [-0.39, 0.29) is 23.2 Å². The second kappa shape index (κ2) is 7.43. The molecule has 0 aliphatic carbocycles. The van der Waals surface area contributed by atoms with Gasteiger partial charge in [-0.3, -0.25) is 4.79 Å². The maximum absolute atomic E-state index is 12.8. The van der Waals surface area contributed by atoms with Crippen molar-refractivity contribution in [3.05, 3.63) is 42.0 Å². The first kappa shape index (κ1) is 17.7. The van der Waals surface area contributed by atoms with Crippen molar-refractivity contribution in [1.82, 2.24) is 4.90 Å². The van der Waals surface area contributed by atoms with Crippen LogP contribution in [0.4, 0.5) is 11.4 Å². The Kier molecular flexibility index (Phi) is 5.06. The van der Waals surface area contributed by atoms with Crippen LogP contribution in [0.1, 0.15) is 10.4 Å². The van der Waals surface area contributed by atoms with E-state index in [1.807, 2.05) is 24.3 Å². The number of phenolic OH excluding ortho intramolecular Hbond substituents is 1. The van der Waals surface area contributed by atoms with Gasteiger partial charge in [0.05, 0.1) is 14.2 Å². The Bertz CT molecular complexity index is 759. The van der Waals surface area contributed by atoms with Gasteiger partial charge in [0.2, 0.25) is 5.75 Å². The van der Waals surface area contributed by atoms with Gasteiger partial charge in [0.15, 0.2) is 11.5 Å². The van der Waals surface area contributed by atoms with Gasteiger partial charge in [-0.1, -0.05) is 0 Å². The molecule has 7 nitrogen and oxygen atoms in total. The summed E-state index contributed by atoms with van der Waals surface area (Å²) in [6.45, 7) is 2.69. The zero-order valence-electron chi connectivity index (χ0n) is 14.9. The lowest BCUT2D eigenvalue weighted by molar-refractivity contribution is 0.0746. The number of hydrogen-bond donors (Lipinski definition) is 2. The van der Waals surface area contributed by atoms with Gasteiger partial charge in [-0.2, -0.15) is 0 Å². The average Bonchev–Trinajstić information content (AvgIpc) is 2.68. The van der Waals surface area contributed by atoms with E-state index in [1.54, 1.807) is 4.90 Å². The van der Waals surface area contributed by atoms with Crippen molar-refractivity contribution in [2.24, 2.45) is 0 Å². The molecule has 7 heteroatoms. The van der Waals surface area contributed by atoms with Gasteiger partial charge >= 0.3 is 0 Å². The summed E-state index contributed by atoms with van der Waals surface area (Å²) in [7, 11) is 2.88. The summed E-state index contributed by atoms with van der Waals surface area (Å²) in [5.74, 6) is 0.208. The second-order valence-corrected chi connectivity index (χ2v) is 6.10. The summed E-state index contributed by atoms with van der Waals surface area (Å²) in [5, 5.41) is 10.00. The third-order valence-corrected chi connectivity index (χ3v) is 4.55. The van der Waals surface area contributed by atoms with Crippen LogP contribution in [-0.2, 0) is 0 Å². The van der Waals surface area contributed by atoms with Crippen LogP contribution in [0, 0.1) is 0 Å². The van der Waals surface area contributed by atoms with Crippen molar-refractivity contribution in [2.45, 2.75) is 0 Å². The van der Waals surface area contributed by atoms with Crippen LogP contribution >= 0.6 is 0 Å². The van der Waals surface area contributed by atoms with Gasteiger partial charge in [0, 0.05) is 43.1 Å². The van der Waals surface area contributed by atoms with Crippen molar-refractivity contribution in [3.8, 4) is 17.2 Å². The molecule has 2 aromatic carbocycles. The third kappa shape index (κ3) is 3.46. The van der Waals surface area contributed by atoms with Crippen molar-refractivity contribution < 1.29 is 19.4 Å². The molecular weight excluding hydrogens is 334 g/mol. The number of anilines is 2. The van der Waals surface area contributed by atoms with Crippen molar-refractivity contribution >= 4 is 17.3 Å². The Hall–Kier alpha value is -3.09. The molecule has 2 aromatic rings. The fourth-order valence-electron chi connectivity index (χ4n) is 3.05. The van der Waals surface area contributed by atoms with Crippen LogP contribution in [0.5, 0.6) is 17.2 Å². The highest BCUT2D eigenvalue weighted by atomic mass is 16.5. The van der Waals surface area contributed by atoms with Crippen LogP contribution < -0.4 is 20.1 Å². The summed E-state index contributed by atoms with van der Waals surface area (Å²) in [6.07, 6.45) is 0. The van der Waals surface area contributed by atoms with E-state index >= 15 is 0 Å². The van der Waals surface area contributed by atoms with Gasteiger partial charge < -0.3 is 30.1 Å². The molecule has 1 fully saturated rings. The Morgan fingerprint density at radius 2 is 1.54 bits per heavy atom. The highest BCUT2D eigenvalue weighted by molar-refractivity contribution is 5.95. The SMILES string of the molecule is COc1cc(C(=O)N2CCN(c3ccc(N)cc3)CC2)cc(OC)c1O. The number of aromatic hydroxyl groups is 1. The molecular formula is C19H23N3O4. The number of benzene rings is 2. The number of nitrogen functional groups attached to an aromatic ring is 1. The maximum atomic E-state index is 12.8. The quantitative estimate of drug-likeness (QED) is 0.813. The zero-order valence-corrected chi connectivity index (χ0v) is 14.9. The first-order valence-electron chi connectivity index (χ1n) is 8.38. The van der Waals surface area contributed by atoms with E-state index < -0.39 is 0 Å². The minimum atomic E-state index is -0.112. The van der Waals surface area contributed by atoms with Crippen LogP contribution in [0.15, 0.2) is 36.4 Å². The minimum absolute atomic E-state index is 0.111. The van der Waals surface area contributed by atoms with Crippen LogP contribution in [0.2, 0.25) is 0 Å². The average molecular weight is 357 g/mol. The highest BCUT2D eigenvalue weighted by Crippen LogP contribution is 2.37. The molecule has 0 aromatic heterocycles. The minimum Gasteiger partial charge on any atom is -0.502 e. The molecule has 3 rings (SSSR count). The number of nitrogens with zero attached hydrogens (tertiary/aromatic N) is 2. The van der Waals surface area contributed by atoms with E-state index in [0.29, 0.717) is 18.7 Å². The number of phenols is 1. The molecule has 0 atom stereocenters. The van der Waals surface area contributed by atoms with E-state index in [2.05, 4.69) is 4.90 Å². The molecule has 3 N–H and O–H groups in total. The van der Waals surface area contributed by atoms with Crippen LogP contribution in [0.25, 0.3) is 0 Å². The topological polar surface area (TPSA) is 88.3 Å². The predicted molar refractivity (Wildman–Crippen MR) is 100 cm³/mol. The first-order valence-corrected chi connectivity index (χ1v) is 8.38. The van der Waals surface area contributed by atoms with E-state index in [0.717, 1.165) is 24.5 Å². The highest BCUT2D eigenvalue weighted by Gasteiger charge is 2.24. The smallest absolute Gasteiger partial charge is 0.254 e. The van der Waals surface area contributed by atoms with E-state index in [9.17, 15) is 9.90 Å². The zero-order chi connectivity index (χ0) is 18.7. The summed E-state index contributed by atoms with van der Waals surface area (Å²) in [5.41, 5.74) is 7.99. The Balaban J connectivity index is 1.71. The second-order valence-electron chi connectivity index (χ2n) is 6.10. The molecule has 0 radical (unpaired) electrons. The summed E-state index contributed by atoms with van der Waals surface area (Å²) < 4.78 is 10.3. The van der Waals surface area contributed by atoms with Crippen molar-refractivity contribution in [3.63, 3.8) is 0 Å². The monoisotopic (exact) mass is 357 g/mol. The number of hydrogen-bond acceptors (Lipinski definition) is 6. The number of carbonyl (C=O) groups is 1. The summed E-state index contributed by atoms with van der Waals surface area (Å²) >= 11 is 0. The number of ether oxygens (including phenoxy) is 2. The van der Waals surface area contributed by atoms with Gasteiger partial charge in [-0.15, -0.1) is 0 Å². The van der Waals surface area contributed by atoms with Crippen LogP contribution in [-0.4, -0.2) is 56.3 Å². The molecule has 1 aliphatic heterocycles. The number of nitrogens with two attached hydrogens (primary N) is 1. The van der Waals surface area contributed by atoms with Gasteiger partial charge in [-0.25, -0.2) is 0 Å². The molecule has 1 amide bonds. The standard InChI is InChI=1S/C19H23N3O4/c1-25-16-11-13(12-17(26-2)18(16)23)19(24)22-9-7-21(8-10-22)15-5-3-14(20)4-6-15/h3-6,11-12,23H,7-10,20H2,1-2H3. The van der Waals surface area contributed by atoms with E-state index in [4.69, 9.17) is 15.2 Å². The number of amides is 1. The number of rotatable bonds is 4. The van der Waals surface area contributed by atoms with Gasteiger partial charge in [0.25, 0.3) is 5.91 Å². The molecule has 0 bridgehead atoms. The lowest BCUT2D eigenvalue weighted by Gasteiger charge is -2.36. The van der Waals surface area contributed by atoms with Gasteiger partial charge in [0.1, 0.15) is 0 Å². The van der Waals surface area contributed by atoms with Crippen LogP contribution in [0.3, 0.4) is 0 Å². The largest absolute Gasteiger partial charge is 0.502 e. The molecule has 138 valence electrons. The fraction of sp³-hybridized carbons (Fsp3) is 0.316. The lowest BCUT2D eigenvalue weighted by Crippen LogP contribution is -2.48. The number of methoxy groups -OCH3 is 2. The summed E-state index contributed by atoms with van der Waals surface area (Å²) in [4.78, 5) is 16.8. The fourth-order valence-corrected chi connectivity index (χ4v) is 3.05. The molecule has 1 heterocycles. The molecule has 26 heavy (non-hydrogen) atoms. The Morgan fingerprint density at radius 3 is 2.04 bits per heavy atom. The normalized spacial score (nSPS) is 14.2. The van der Waals surface area contributed by atoms with Crippen molar-refractivity contribution in [2.75, 3.05) is 51.0 Å². The first-order chi connectivity index (χ1) is 12.5. The number of piperazine rings is 1. The third-order valence-electron chi connectivity index (χ3n) is 4.55. The number of carbonyl (C=O) groups excluding carboxylic acids is 1. The van der Waals surface area contributed by atoms with Crippen molar-refractivity contribution in [1.29, 1.82) is 0 Å². The molecule has 1 aliphatic rings.